The quantitative estimate of drug-likeness (QED) is 0.761. The molecular formula is C13H13F3O2. The van der Waals surface area contributed by atoms with E-state index in [4.69, 9.17) is 4.74 Å². The van der Waals surface area contributed by atoms with Crippen molar-refractivity contribution in [2.45, 2.75) is 25.6 Å². The third kappa shape index (κ3) is 2.56. The second-order valence-corrected chi connectivity index (χ2v) is 4.41. The van der Waals surface area contributed by atoms with Crippen LogP contribution in [-0.4, -0.2) is 18.5 Å². The summed E-state index contributed by atoms with van der Waals surface area (Å²) in [5.74, 6) is -0.611. The average Bonchev–Trinajstić information content (AvgIpc) is 2.73. The van der Waals surface area contributed by atoms with E-state index < -0.39 is 11.7 Å². The topological polar surface area (TPSA) is 26.3 Å². The summed E-state index contributed by atoms with van der Waals surface area (Å²) < 4.78 is 42.9. The highest BCUT2D eigenvalue weighted by molar-refractivity contribution is 5.98. The van der Waals surface area contributed by atoms with Crippen LogP contribution in [0.1, 0.15) is 29.3 Å². The molecule has 1 heterocycles. The maximum Gasteiger partial charge on any atom is 0.416 e. The minimum atomic E-state index is -4.42. The molecule has 1 saturated heterocycles. The van der Waals surface area contributed by atoms with E-state index in [2.05, 4.69) is 0 Å². The second-order valence-electron chi connectivity index (χ2n) is 4.41. The summed E-state index contributed by atoms with van der Waals surface area (Å²) in [5.41, 5.74) is -0.688. The van der Waals surface area contributed by atoms with Gasteiger partial charge in [-0.25, -0.2) is 0 Å². The molecule has 0 spiro atoms. The van der Waals surface area contributed by atoms with Crippen LogP contribution in [0.3, 0.4) is 0 Å². The third-order valence-electron chi connectivity index (χ3n) is 3.19. The fourth-order valence-electron chi connectivity index (χ4n) is 2.14. The summed E-state index contributed by atoms with van der Waals surface area (Å²) in [7, 11) is 0. The van der Waals surface area contributed by atoms with Crippen LogP contribution in [0.5, 0.6) is 0 Å². The van der Waals surface area contributed by atoms with E-state index in [-0.39, 0.29) is 23.4 Å². The molecule has 0 saturated carbocycles. The molecule has 0 aromatic heterocycles. The second kappa shape index (κ2) is 4.72. The van der Waals surface area contributed by atoms with Gasteiger partial charge < -0.3 is 4.74 Å². The molecule has 0 aliphatic carbocycles. The lowest BCUT2D eigenvalue weighted by molar-refractivity contribution is -0.137. The van der Waals surface area contributed by atoms with Crippen molar-refractivity contribution in [2.24, 2.45) is 5.92 Å². The normalized spacial score (nSPS) is 24.2. The van der Waals surface area contributed by atoms with Crippen LogP contribution < -0.4 is 0 Å². The van der Waals surface area contributed by atoms with Crippen LogP contribution in [0.2, 0.25) is 0 Å². The molecule has 1 fully saturated rings. The fourth-order valence-corrected chi connectivity index (χ4v) is 2.14. The first kappa shape index (κ1) is 13.1. The van der Waals surface area contributed by atoms with Gasteiger partial charge in [0.2, 0.25) is 0 Å². The highest BCUT2D eigenvalue weighted by Gasteiger charge is 2.34. The Hall–Kier alpha value is -1.36. The largest absolute Gasteiger partial charge is 0.416 e. The predicted molar refractivity (Wildman–Crippen MR) is 59.3 cm³/mol. The smallest absolute Gasteiger partial charge is 0.378 e. The SMILES string of the molecule is CC1OCCC1C(=O)c1cccc(C(F)(F)F)c1. The molecule has 2 rings (SSSR count). The molecule has 1 aromatic carbocycles. The standard InChI is InChI=1S/C13H13F3O2/c1-8-11(5-6-18-8)12(17)9-3-2-4-10(7-9)13(14,15)16/h2-4,7-8,11H,5-6H2,1H3. The average molecular weight is 258 g/mol. The van der Waals surface area contributed by atoms with Crippen molar-refractivity contribution in [3.05, 3.63) is 35.4 Å². The van der Waals surface area contributed by atoms with Crippen LogP contribution in [0.15, 0.2) is 24.3 Å². The lowest BCUT2D eigenvalue weighted by Gasteiger charge is -2.14. The van der Waals surface area contributed by atoms with Crippen LogP contribution in [0.25, 0.3) is 0 Å². The Kier molecular flexibility index (Phi) is 3.43. The number of benzene rings is 1. The Bertz CT molecular complexity index is 454. The third-order valence-corrected chi connectivity index (χ3v) is 3.19. The predicted octanol–water partition coefficient (Wildman–Crippen LogP) is 3.31. The van der Waals surface area contributed by atoms with E-state index in [0.717, 1.165) is 12.1 Å². The Morgan fingerprint density at radius 2 is 2.11 bits per heavy atom. The van der Waals surface area contributed by atoms with Crippen molar-refractivity contribution in [2.75, 3.05) is 6.61 Å². The number of carbonyl (C=O) groups excluding carboxylic acids is 1. The van der Waals surface area contributed by atoms with E-state index in [9.17, 15) is 18.0 Å². The summed E-state index contributed by atoms with van der Waals surface area (Å²) in [4.78, 5) is 12.1. The number of hydrogen-bond donors (Lipinski definition) is 0. The molecule has 1 aliphatic rings. The first-order valence-corrected chi connectivity index (χ1v) is 5.72. The Labute approximate surface area is 103 Å². The number of hydrogen-bond acceptors (Lipinski definition) is 2. The monoisotopic (exact) mass is 258 g/mol. The van der Waals surface area contributed by atoms with Crippen LogP contribution in [0, 0.1) is 5.92 Å². The van der Waals surface area contributed by atoms with E-state index in [1.165, 1.54) is 12.1 Å². The van der Waals surface area contributed by atoms with Crippen LogP contribution in [-0.2, 0) is 10.9 Å². The lowest BCUT2D eigenvalue weighted by atomic mass is 9.92. The first-order chi connectivity index (χ1) is 8.39. The first-order valence-electron chi connectivity index (χ1n) is 5.72. The number of alkyl halides is 3. The van der Waals surface area contributed by atoms with Gasteiger partial charge in [-0.1, -0.05) is 12.1 Å². The Morgan fingerprint density at radius 3 is 2.67 bits per heavy atom. The van der Waals surface area contributed by atoms with Crippen molar-refractivity contribution in [1.29, 1.82) is 0 Å². The zero-order chi connectivity index (χ0) is 13.3. The van der Waals surface area contributed by atoms with Crippen LogP contribution >= 0.6 is 0 Å². The Morgan fingerprint density at radius 1 is 1.39 bits per heavy atom. The summed E-state index contributed by atoms with van der Waals surface area (Å²) in [6, 6.07) is 4.55. The van der Waals surface area contributed by atoms with Gasteiger partial charge in [0.05, 0.1) is 17.6 Å². The summed E-state index contributed by atoms with van der Waals surface area (Å²) >= 11 is 0. The molecule has 0 bridgehead atoms. The number of Topliss-reactive ketones (excluding diaryl/α,β-unsaturated/α-hetero) is 1. The van der Waals surface area contributed by atoms with Gasteiger partial charge in [0, 0.05) is 12.2 Å². The molecule has 5 heteroatoms. The summed E-state index contributed by atoms with van der Waals surface area (Å²) in [5, 5.41) is 0. The zero-order valence-electron chi connectivity index (χ0n) is 9.83. The maximum atomic E-state index is 12.5. The molecule has 98 valence electrons. The van der Waals surface area contributed by atoms with Gasteiger partial charge in [0.25, 0.3) is 0 Å². The number of halogens is 3. The molecule has 18 heavy (non-hydrogen) atoms. The minimum absolute atomic E-state index is 0.104. The summed E-state index contributed by atoms with van der Waals surface area (Å²) in [6.45, 7) is 2.25. The van der Waals surface area contributed by atoms with E-state index in [0.29, 0.717) is 13.0 Å². The number of carbonyl (C=O) groups is 1. The maximum absolute atomic E-state index is 12.5. The van der Waals surface area contributed by atoms with E-state index >= 15 is 0 Å². The molecule has 0 radical (unpaired) electrons. The van der Waals surface area contributed by atoms with Crippen LogP contribution in [0.4, 0.5) is 13.2 Å². The summed E-state index contributed by atoms with van der Waals surface area (Å²) in [6.07, 6.45) is -4.09. The molecule has 1 aliphatic heterocycles. The molecule has 1 aromatic rings. The zero-order valence-corrected chi connectivity index (χ0v) is 9.83. The van der Waals surface area contributed by atoms with Gasteiger partial charge >= 0.3 is 6.18 Å². The highest BCUT2D eigenvalue weighted by Crippen LogP contribution is 2.31. The number of ether oxygens (including phenoxy) is 1. The van der Waals surface area contributed by atoms with E-state index in [1.54, 1.807) is 6.92 Å². The van der Waals surface area contributed by atoms with Crippen molar-refractivity contribution in [3.8, 4) is 0 Å². The molecule has 0 N–H and O–H groups in total. The fraction of sp³-hybridized carbons (Fsp3) is 0.462. The number of rotatable bonds is 2. The van der Waals surface area contributed by atoms with Gasteiger partial charge in [-0.2, -0.15) is 13.2 Å². The van der Waals surface area contributed by atoms with Crippen molar-refractivity contribution in [3.63, 3.8) is 0 Å². The van der Waals surface area contributed by atoms with Gasteiger partial charge in [-0.15, -0.1) is 0 Å². The molecule has 2 atom stereocenters. The van der Waals surface area contributed by atoms with Crippen molar-refractivity contribution < 1.29 is 22.7 Å². The molecular weight excluding hydrogens is 245 g/mol. The van der Waals surface area contributed by atoms with Gasteiger partial charge in [-0.3, -0.25) is 4.79 Å². The van der Waals surface area contributed by atoms with Crippen molar-refractivity contribution in [1.82, 2.24) is 0 Å². The molecule has 0 amide bonds. The molecule has 2 unspecified atom stereocenters. The minimum Gasteiger partial charge on any atom is -0.378 e. The molecule has 2 nitrogen and oxygen atoms in total. The van der Waals surface area contributed by atoms with E-state index in [1.807, 2.05) is 0 Å². The van der Waals surface area contributed by atoms with Gasteiger partial charge in [0.15, 0.2) is 5.78 Å². The lowest BCUT2D eigenvalue weighted by Crippen LogP contribution is -2.22. The Balaban J connectivity index is 2.26. The highest BCUT2D eigenvalue weighted by atomic mass is 19.4. The van der Waals surface area contributed by atoms with Gasteiger partial charge in [-0.05, 0) is 25.5 Å². The van der Waals surface area contributed by atoms with Gasteiger partial charge in [0.1, 0.15) is 0 Å². The van der Waals surface area contributed by atoms with Crippen molar-refractivity contribution >= 4 is 5.78 Å². The number of ketones is 1.